The first-order valence-electron chi connectivity index (χ1n) is 9.58. The Kier molecular flexibility index (Phi) is 5.23. The third kappa shape index (κ3) is 4.28. The van der Waals surface area contributed by atoms with Crippen molar-refractivity contribution < 1.29 is 0 Å². The molecule has 0 radical (unpaired) electrons. The highest BCUT2D eigenvalue weighted by molar-refractivity contribution is 6.33. The van der Waals surface area contributed by atoms with Crippen molar-refractivity contribution in [3.05, 3.63) is 82.9 Å². The van der Waals surface area contributed by atoms with Gasteiger partial charge in [0.25, 0.3) is 0 Å². The summed E-state index contributed by atoms with van der Waals surface area (Å²) in [5.41, 5.74) is 7.61. The van der Waals surface area contributed by atoms with Crippen molar-refractivity contribution in [3.63, 3.8) is 0 Å². The number of hydrogen-bond donors (Lipinski definition) is 0. The molecule has 3 aromatic carbocycles. The Morgan fingerprint density at radius 1 is 0.556 bits per heavy atom. The van der Waals surface area contributed by atoms with E-state index in [4.69, 9.17) is 11.6 Å². The summed E-state index contributed by atoms with van der Waals surface area (Å²) in [5.74, 6) is 0. The molecule has 140 valence electrons. The van der Waals surface area contributed by atoms with Gasteiger partial charge < -0.3 is 0 Å². The van der Waals surface area contributed by atoms with E-state index < -0.39 is 0 Å². The van der Waals surface area contributed by atoms with Gasteiger partial charge in [0, 0.05) is 10.6 Å². The van der Waals surface area contributed by atoms with Crippen LogP contribution in [0.5, 0.6) is 0 Å². The van der Waals surface area contributed by atoms with Crippen LogP contribution >= 0.6 is 11.6 Å². The minimum atomic E-state index is 0.0879. The topological polar surface area (TPSA) is 0 Å². The molecule has 0 aliphatic rings. The van der Waals surface area contributed by atoms with E-state index in [0.717, 1.165) is 10.6 Å². The van der Waals surface area contributed by atoms with Gasteiger partial charge in [-0.1, -0.05) is 108 Å². The summed E-state index contributed by atoms with van der Waals surface area (Å²) in [6.45, 7) is 13.5. The third-order valence-corrected chi connectivity index (χ3v) is 5.44. The highest BCUT2D eigenvalue weighted by Crippen LogP contribution is 2.39. The van der Waals surface area contributed by atoms with Crippen LogP contribution in [0.4, 0.5) is 0 Å². The van der Waals surface area contributed by atoms with Gasteiger partial charge in [0.1, 0.15) is 0 Å². The first-order valence-corrected chi connectivity index (χ1v) is 9.95. The molecule has 27 heavy (non-hydrogen) atoms. The molecule has 0 aliphatic heterocycles. The fourth-order valence-corrected chi connectivity index (χ4v) is 3.55. The summed E-state index contributed by atoms with van der Waals surface area (Å²) in [6, 6.07) is 23.8. The summed E-state index contributed by atoms with van der Waals surface area (Å²) in [7, 11) is 0. The fraction of sp³-hybridized carbons (Fsp3) is 0.308. The molecule has 0 aliphatic carbocycles. The average Bonchev–Trinajstić information content (AvgIpc) is 2.60. The minimum Gasteiger partial charge on any atom is -0.0837 e. The lowest BCUT2D eigenvalue weighted by Crippen LogP contribution is -2.11. The maximum Gasteiger partial charge on any atom is 0.0484 e. The van der Waals surface area contributed by atoms with Gasteiger partial charge in [-0.2, -0.15) is 0 Å². The largest absolute Gasteiger partial charge is 0.0837 e. The summed E-state index contributed by atoms with van der Waals surface area (Å²) in [6.07, 6.45) is 0. The summed E-state index contributed by atoms with van der Waals surface area (Å²) in [5, 5.41) is 0.788. The highest BCUT2D eigenvalue weighted by atomic mass is 35.5. The Hall–Kier alpha value is -2.05. The molecule has 3 aromatic rings. The molecule has 1 heteroatoms. The number of halogens is 1. The van der Waals surface area contributed by atoms with Gasteiger partial charge >= 0.3 is 0 Å². The van der Waals surface area contributed by atoms with E-state index in [0.29, 0.717) is 0 Å². The summed E-state index contributed by atoms with van der Waals surface area (Å²) in [4.78, 5) is 0. The minimum absolute atomic E-state index is 0.0879. The molecule has 0 spiro atoms. The lowest BCUT2D eigenvalue weighted by molar-refractivity contribution is 0.590. The van der Waals surface area contributed by atoms with Crippen molar-refractivity contribution in [2.75, 3.05) is 0 Å². The van der Waals surface area contributed by atoms with Gasteiger partial charge in [-0.3, -0.25) is 0 Å². The molecule has 0 bridgehead atoms. The van der Waals surface area contributed by atoms with Gasteiger partial charge in [0.2, 0.25) is 0 Å². The Bertz CT molecular complexity index is 935. The molecular weight excluding hydrogens is 348 g/mol. The van der Waals surface area contributed by atoms with E-state index in [1.165, 1.54) is 27.8 Å². The number of benzene rings is 3. The molecule has 0 saturated heterocycles. The Morgan fingerprint density at radius 2 is 1.11 bits per heavy atom. The van der Waals surface area contributed by atoms with E-state index in [2.05, 4.69) is 96.1 Å². The normalized spacial score (nSPS) is 12.3. The van der Waals surface area contributed by atoms with Crippen LogP contribution in [0.25, 0.3) is 22.3 Å². The maximum atomic E-state index is 6.57. The van der Waals surface area contributed by atoms with Gasteiger partial charge in [-0.05, 0) is 50.8 Å². The molecule has 0 aromatic heterocycles. The molecule has 0 N–H and O–H groups in total. The van der Waals surface area contributed by atoms with Crippen LogP contribution in [-0.2, 0) is 10.8 Å². The molecule has 0 fully saturated rings. The maximum absolute atomic E-state index is 6.57. The van der Waals surface area contributed by atoms with Crippen LogP contribution in [0, 0.1) is 0 Å². The third-order valence-electron chi connectivity index (χ3n) is 5.11. The number of hydrogen-bond acceptors (Lipinski definition) is 0. The average molecular weight is 377 g/mol. The van der Waals surface area contributed by atoms with Crippen LogP contribution in [0.15, 0.2) is 66.7 Å². The molecule has 0 saturated carbocycles. The van der Waals surface area contributed by atoms with Gasteiger partial charge in [-0.15, -0.1) is 0 Å². The van der Waals surface area contributed by atoms with Crippen LogP contribution in [-0.4, -0.2) is 0 Å². The van der Waals surface area contributed by atoms with E-state index in [1.54, 1.807) is 0 Å². The van der Waals surface area contributed by atoms with Crippen molar-refractivity contribution in [2.24, 2.45) is 0 Å². The SMILES string of the molecule is CC(C)(C)c1ccc(-c2ccc(C(C)(C)C)cc2-c2ccccc2Cl)cc1. The molecule has 3 rings (SSSR count). The second-order valence-electron chi connectivity index (χ2n) is 9.32. The lowest BCUT2D eigenvalue weighted by Gasteiger charge is -2.23. The predicted octanol–water partition coefficient (Wildman–Crippen LogP) is 8.27. The zero-order valence-electron chi connectivity index (χ0n) is 17.2. The summed E-state index contributed by atoms with van der Waals surface area (Å²) >= 11 is 6.57. The van der Waals surface area contributed by atoms with Gasteiger partial charge in [0.15, 0.2) is 0 Å². The van der Waals surface area contributed by atoms with Crippen molar-refractivity contribution in [1.29, 1.82) is 0 Å². The quantitative estimate of drug-likeness (QED) is 0.422. The molecule has 0 nitrogen and oxygen atoms in total. The van der Waals surface area contributed by atoms with Crippen LogP contribution in [0.3, 0.4) is 0 Å². The standard InChI is InChI=1S/C26H29Cl/c1-25(2,3)19-13-11-18(12-14-19)21-16-15-20(26(4,5)6)17-23(21)22-9-7-8-10-24(22)27/h7-17H,1-6H3. The number of rotatable bonds is 2. The molecule has 0 atom stereocenters. The van der Waals surface area contributed by atoms with E-state index in [9.17, 15) is 0 Å². The zero-order chi connectivity index (χ0) is 19.8. The smallest absolute Gasteiger partial charge is 0.0484 e. The Balaban J connectivity index is 2.19. The van der Waals surface area contributed by atoms with Crippen LogP contribution in [0.2, 0.25) is 5.02 Å². The Labute approximate surface area is 169 Å². The van der Waals surface area contributed by atoms with E-state index >= 15 is 0 Å². The molecule has 0 heterocycles. The van der Waals surface area contributed by atoms with Gasteiger partial charge in [-0.25, -0.2) is 0 Å². The van der Waals surface area contributed by atoms with Crippen LogP contribution in [0.1, 0.15) is 52.7 Å². The highest BCUT2D eigenvalue weighted by Gasteiger charge is 2.19. The fourth-order valence-electron chi connectivity index (χ4n) is 3.31. The lowest BCUT2D eigenvalue weighted by atomic mass is 9.82. The molecule has 0 unspecified atom stereocenters. The van der Waals surface area contributed by atoms with Crippen molar-refractivity contribution in [2.45, 2.75) is 52.4 Å². The van der Waals surface area contributed by atoms with E-state index in [1.807, 2.05) is 12.1 Å². The van der Waals surface area contributed by atoms with Crippen molar-refractivity contribution >= 4 is 11.6 Å². The zero-order valence-corrected chi connectivity index (χ0v) is 18.0. The second kappa shape index (κ2) is 7.17. The summed E-state index contributed by atoms with van der Waals surface area (Å²) < 4.78 is 0. The first kappa shape index (κ1) is 19.7. The second-order valence-corrected chi connectivity index (χ2v) is 9.72. The van der Waals surface area contributed by atoms with Crippen molar-refractivity contribution in [1.82, 2.24) is 0 Å². The molecular formula is C26H29Cl. The van der Waals surface area contributed by atoms with Crippen LogP contribution < -0.4 is 0 Å². The van der Waals surface area contributed by atoms with Crippen molar-refractivity contribution in [3.8, 4) is 22.3 Å². The van der Waals surface area contributed by atoms with E-state index in [-0.39, 0.29) is 10.8 Å². The Morgan fingerprint density at radius 3 is 1.67 bits per heavy atom. The van der Waals surface area contributed by atoms with Gasteiger partial charge in [0.05, 0.1) is 0 Å². The monoisotopic (exact) mass is 376 g/mol. The molecule has 0 amide bonds. The predicted molar refractivity (Wildman–Crippen MR) is 120 cm³/mol. The first-order chi connectivity index (χ1) is 12.6.